The van der Waals surface area contributed by atoms with Crippen LogP contribution in [0.4, 0.5) is 0 Å². The van der Waals surface area contributed by atoms with Gasteiger partial charge in [0.15, 0.2) is 0 Å². The van der Waals surface area contributed by atoms with Crippen LogP contribution in [-0.4, -0.2) is 44.2 Å². The smallest absolute Gasteiger partial charge is 0.122 e. The fraction of sp³-hybridized carbons (Fsp3) is 0.625. The van der Waals surface area contributed by atoms with Gasteiger partial charge in [-0.25, -0.2) is 0 Å². The Labute approximate surface area is 122 Å². The van der Waals surface area contributed by atoms with E-state index in [1.165, 1.54) is 11.1 Å². The molecule has 0 saturated carbocycles. The molecule has 20 heavy (non-hydrogen) atoms. The summed E-state index contributed by atoms with van der Waals surface area (Å²) >= 11 is 0. The second-order valence-corrected chi connectivity index (χ2v) is 5.23. The molecule has 0 saturated heterocycles. The van der Waals surface area contributed by atoms with E-state index in [1.54, 1.807) is 0 Å². The van der Waals surface area contributed by atoms with Crippen LogP contribution in [-0.2, 0) is 6.42 Å². The number of nitrogens with one attached hydrogen (secondary N) is 1. The molecule has 1 aliphatic heterocycles. The zero-order valence-corrected chi connectivity index (χ0v) is 12.7. The number of hydrogen-bond donors (Lipinski definition) is 2. The third-order valence-electron chi connectivity index (χ3n) is 4.06. The zero-order valence-electron chi connectivity index (χ0n) is 12.7. The molecule has 0 fully saturated rings. The zero-order chi connectivity index (χ0) is 14.4. The second kappa shape index (κ2) is 7.62. The molecular formula is C16H27N3O. The Hall–Kier alpha value is -1.10. The molecule has 0 bridgehead atoms. The fourth-order valence-electron chi connectivity index (χ4n) is 2.70. The van der Waals surface area contributed by atoms with Gasteiger partial charge in [0.25, 0.3) is 0 Å². The fourth-order valence-corrected chi connectivity index (χ4v) is 2.70. The van der Waals surface area contributed by atoms with E-state index in [1.807, 2.05) is 0 Å². The van der Waals surface area contributed by atoms with Gasteiger partial charge in [0, 0.05) is 32.1 Å². The number of rotatable bonds is 8. The van der Waals surface area contributed by atoms with Crippen LogP contribution in [0.1, 0.15) is 31.0 Å². The molecule has 1 aliphatic rings. The number of nitrogens with two attached hydrogens (primary N) is 1. The third-order valence-corrected chi connectivity index (χ3v) is 4.06. The Balaban J connectivity index is 1.91. The Bertz CT molecular complexity index is 418. The van der Waals surface area contributed by atoms with E-state index in [-0.39, 0.29) is 6.04 Å². The van der Waals surface area contributed by atoms with Gasteiger partial charge in [-0.15, -0.1) is 0 Å². The van der Waals surface area contributed by atoms with E-state index < -0.39 is 0 Å². The van der Waals surface area contributed by atoms with Crippen LogP contribution < -0.4 is 15.8 Å². The van der Waals surface area contributed by atoms with E-state index in [2.05, 4.69) is 42.3 Å². The number of benzene rings is 1. The lowest BCUT2D eigenvalue weighted by Crippen LogP contribution is -2.36. The van der Waals surface area contributed by atoms with Crippen LogP contribution in [0.25, 0.3) is 0 Å². The van der Waals surface area contributed by atoms with Gasteiger partial charge < -0.3 is 20.7 Å². The number of fused-ring (bicyclic) bond motifs is 1. The summed E-state index contributed by atoms with van der Waals surface area (Å²) in [5.74, 6) is 1.03. The van der Waals surface area contributed by atoms with Crippen LogP contribution in [0, 0.1) is 0 Å². The number of nitrogens with zero attached hydrogens (tertiary/aromatic N) is 1. The first-order chi connectivity index (χ1) is 9.78. The van der Waals surface area contributed by atoms with Crippen LogP contribution in [0.15, 0.2) is 18.2 Å². The van der Waals surface area contributed by atoms with Crippen molar-refractivity contribution >= 4 is 0 Å². The van der Waals surface area contributed by atoms with Crippen molar-refractivity contribution in [2.75, 3.05) is 39.3 Å². The van der Waals surface area contributed by atoms with Gasteiger partial charge in [-0.1, -0.05) is 26.0 Å². The molecule has 1 heterocycles. The van der Waals surface area contributed by atoms with Crippen molar-refractivity contribution in [2.45, 2.75) is 26.3 Å². The van der Waals surface area contributed by atoms with Crippen LogP contribution >= 0.6 is 0 Å². The summed E-state index contributed by atoms with van der Waals surface area (Å²) < 4.78 is 5.55. The molecule has 0 aromatic heterocycles. The van der Waals surface area contributed by atoms with Gasteiger partial charge in [-0.05, 0) is 30.3 Å². The molecular weight excluding hydrogens is 250 g/mol. The average molecular weight is 277 g/mol. The van der Waals surface area contributed by atoms with E-state index in [0.29, 0.717) is 6.54 Å². The Morgan fingerprint density at radius 1 is 1.35 bits per heavy atom. The minimum absolute atomic E-state index is 0.233. The maximum Gasteiger partial charge on any atom is 0.122 e. The van der Waals surface area contributed by atoms with Crippen LogP contribution in [0.5, 0.6) is 5.75 Å². The maximum atomic E-state index is 5.92. The maximum absolute atomic E-state index is 5.92. The molecule has 1 atom stereocenters. The van der Waals surface area contributed by atoms with Crippen molar-refractivity contribution in [2.24, 2.45) is 5.73 Å². The Kier molecular flexibility index (Phi) is 5.83. The van der Waals surface area contributed by atoms with Crippen LogP contribution in [0.2, 0.25) is 0 Å². The summed E-state index contributed by atoms with van der Waals surface area (Å²) in [6.45, 7) is 10.1. The molecule has 3 N–H and O–H groups in total. The highest BCUT2D eigenvalue weighted by molar-refractivity contribution is 5.40. The molecule has 1 aromatic rings. The van der Waals surface area contributed by atoms with Gasteiger partial charge >= 0.3 is 0 Å². The summed E-state index contributed by atoms with van der Waals surface area (Å²) in [4.78, 5) is 2.41. The summed E-state index contributed by atoms with van der Waals surface area (Å²) in [6, 6.07) is 6.68. The lowest BCUT2D eigenvalue weighted by molar-refractivity contribution is 0.297. The molecule has 0 radical (unpaired) electrons. The minimum Gasteiger partial charge on any atom is -0.493 e. The summed E-state index contributed by atoms with van der Waals surface area (Å²) in [5.41, 5.74) is 8.51. The predicted molar refractivity (Wildman–Crippen MR) is 83.2 cm³/mol. The number of likely N-dealkylation sites (N-methyl/N-ethyl adjacent to an activating group) is 1. The quantitative estimate of drug-likeness (QED) is 0.757. The molecule has 4 heteroatoms. The Morgan fingerprint density at radius 2 is 2.15 bits per heavy atom. The molecule has 112 valence electrons. The second-order valence-electron chi connectivity index (χ2n) is 5.23. The number of hydrogen-bond acceptors (Lipinski definition) is 4. The highest BCUT2D eigenvalue weighted by atomic mass is 16.5. The third kappa shape index (κ3) is 3.72. The largest absolute Gasteiger partial charge is 0.493 e. The highest BCUT2D eigenvalue weighted by Crippen LogP contribution is 2.27. The highest BCUT2D eigenvalue weighted by Gasteiger charge is 2.16. The summed E-state index contributed by atoms with van der Waals surface area (Å²) in [6.07, 6.45) is 1.01. The van der Waals surface area contributed by atoms with Crippen molar-refractivity contribution < 1.29 is 4.74 Å². The molecule has 0 spiro atoms. The monoisotopic (exact) mass is 277 g/mol. The van der Waals surface area contributed by atoms with Crippen LogP contribution in [0.3, 0.4) is 0 Å². The first-order valence-corrected chi connectivity index (χ1v) is 7.69. The van der Waals surface area contributed by atoms with E-state index in [4.69, 9.17) is 10.5 Å². The molecule has 4 nitrogen and oxygen atoms in total. The van der Waals surface area contributed by atoms with E-state index in [0.717, 1.165) is 45.0 Å². The predicted octanol–water partition coefficient (Wildman–Crippen LogP) is 1.55. The summed E-state index contributed by atoms with van der Waals surface area (Å²) in [7, 11) is 0. The molecule has 2 rings (SSSR count). The topological polar surface area (TPSA) is 50.5 Å². The van der Waals surface area contributed by atoms with Crippen molar-refractivity contribution in [3.63, 3.8) is 0 Å². The van der Waals surface area contributed by atoms with Crippen molar-refractivity contribution in [3.05, 3.63) is 29.3 Å². The van der Waals surface area contributed by atoms with Gasteiger partial charge in [0.05, 0.1) is 6.61 Å². The molecule has 1 aromatic carbocycles. The standard InChI is InChI=1S/C16H27N3O/c1-3-19(4-2)9-8-18-15(12-17)13-5-6-16-14(11-13)7-10-20-16/h5-6,11,15,18H,3-4,7-10,12,17H2,1-2H3. The van der Waals surface area contributed by atoms with Gasteiger partial charge in [0.1, 0.15) is 5.75 Å². The lowest BCUT2D eigenvalue weighted by Gasteiger charge is -2.22. The number of ether oxygens (including phenoxy) is 1. The normalized spacial score (nSPS) is 15.2. The first kappa shape index (κ1) is 15.3. The summed E-state index contributed by atoms with van der Waals surface area (Å²) in [5, 5.41) is 3.57. The average Bonchev–Trinajstić information content (AvgIpc) is 2.95. The van der Waals surface area contributed by atoms with Crippen molar-refractivity contribution in [1.29, 1.82) is 0 Å². The molecule has 0 aliphatic carbocycles. The molecule has 0 amide bonds. The minimum atomic E-state index is 0.233. The van der Waals surface area contributed by atoms with Gasteiger partial charge in [0.2, 0.25) is 0 Å². The molecule has 1 unspecified atom stereocenters. The van der Waals surface area contributed by atoms with Crippen molar-refractivity contribution in [1.82, 2.24) is 10.2 Å². The van der Waals surface area contributed by atoms with E-state index >= 15 is 0 Å². The van der Waals surface area contributed by atoms with Crippen molar-refractivity contribution in [3.8, 4) is 5.75 Å². The Morgan fingerprint density at radius 3 is 2.85 bits per heavy atom. The first-order valence-electron chi connectivity index (χ1n) is 7.69. The van der Waals surface area contributed by atoms with Gasteiger partial charge in [-0.2, -0.15) is 0 Å². The van der Waals surface area contributed by atoms with Gasteiger partial charge in [-0.3, -0.25) is 0 Å². The SMILES string of the molecule is CCN(CC)CCNC(CN)c1ccc2c(c1)CCO2. The van der Waals surface area contributed by atoms with E-state index in [9.17, 15) is 0 Å². The lowest BCUT2D eigenvalue weighted by atomic mass is 10.0.